The van der Waals surface area contributed by atoms with Crippen molar-refractivity contribution in [1.29, 1.82) is 5.26 Å². The lowest BCUT2D eigenvalue weighted by Gasteiger charge is -2.14. The van der Waals surface area contributed by atoms with E-state index in [0.29, 0.717) is 28.3 Å². The highest BCUT2D eigenvalue weighted by Crippen LogP contribution is 2.23. The average molecular weight is 385 g/mol. The maximum Gasteiger partial charge on any atom is 0.251 e. The molecule has 3 rings (SSSR count). The monoisotopic (exact) mass is 385 g/mol. The highest BCUT2D eigenvalue weighted by molar-refractivity contribution is 6.00. The van der Waals surface area contributed by atoms with E-state index in [1.54, 1.807) is 79.7 Å². The summed E-state index contributed by atoms with van der Waals surface area (Å²) in [6.07, 6.45) is 0. The minimum absolute atomic E-state index is 0.306. The second kappa shape index (κ2) is 9.20. The summed E-state index contributed by atoms with van der Waals surface area (Å²) in [7, 11) is 0. The zero-order chi connectivity index (χ0) is 20.6. The topological polar surface area (TPSA) is 91.2 Å². The van der Waals surface area contributed by atoms with E-state index in [9.17, 15) is 9.59 Å². The standard InChI is InChI=1S/C23H19N3O3/c1-16(25-23(28)18-5-3-2-4-6-18)22(27)26-19-9-13-21(14-10-19)29-20-11-7-17(15-24)8-12-20/h2-14,16H,1H3,(H,25,28)(H,26,27). The molecule has 0 fully saturated rings. The van der Waals surface area contributed by atoms with Gasteiger partial charge in [0.05, 0.1) is 11.6 Å². The molecule has 144 valence electrons. The SMILES string of the molecule is CC(NC(=O)c1ccccc1)C(=O)Nc1ccc(Oc2ccc(C#N)cc2)cc1. The molecule has 0 spiro atoms. The molecule has 3 aromatic carbocycles. The number of ether oxygens (including phenoxy) is 1. The summed E-state index contributed by atoms with van der Waals surface area (Å²) in [4.78, 5) is 24.5. The quantitative estimate of drug-likeness (QED) is 0.668. The maximum absolute atomic E-state index is 12.3. The molecule has 0 aliphatic carbocycles. The zero-order valence-corrected chi connectivity index (χ0v) is 15.8. The lowest BCUT2D eigenvalue weighted by atomic mass is 10.2. The molecule has 0 bridgehead atoms. The van der Waals surface area contributed by atoms with Gasteiger partial charge in [0.1, 0.15) is 17.5 Å². The van der Waals surface area contributed by atoms with E-state index in [-0.39, 0.29) is 11.8 Å². The molecule has 6 heteroatoms. The van der Waals surface area contributed by atoms with Crippen molar-refractivity contribution in [2.45, 2.75) is 13.0 Å². The van der Waals surface area contributed by atoms with Gasteiger partial charge in [0.15, 0.2) is 0 Å². The van der Waals surface area contributed by atoms with Gasteiger partial charge in [-0.1, -0.05) is 18.2 Å². The van der Waals surface area contributed by atoms with E-state index in [1.165, 1.54) is 0 Å². The van der Waals surface area contributed by atoms with E-state index in [2.05, 4.69) is 16.7 Å². The summed E-state index contributed by atoms with van der Waals surface area (Å²) in [6.45, 7) is 1.62. The van der Waals surface area contributed by atoms with Crippen molar-refractivity contribution >= 4 is 17.5 Å². The van der Waals surface area contributed by atoms with E-state index < -0.39 is 6.04 Å². The fourth-order valence-corrected chi connectivity index (χ4v) is 2.53. The van der Waals surface area contributed by atoms with Crippen LogP contribution in [0.3, 0.4) is 0 Å². The van der Waals surface area contributed by atoms with Crippen molar-refractivity contribution in [3.63, 3.8) is 0 Å². The van der Waals surface area contributed by atoms with Gasteiger partial charge in [0.2, 0.25) is 5.91 Å². The number of rotatable bonds is 6. The maximum atomic E-state index is 12.3. The molecule has 0 saturated heterocycles. The Morgan fingerprint density at radius 1 is 0.897 bits per heavy atom. The molecule has 0 aromatic heterocycles. The first-order valence-electron chi connectivity index (χ1n) is 9.00. The van der Waals surface area contributed by atoms with Crippen LogP contribution in [0, 0.1) is 11.3 Å². The molecule has 29 heavy (non-hydrogen) atoms. The van der Waals surface area contributed by atoms with E-state index in [0.717, 1.165) is 0 Å². The molecule has 2 N–H and O–H groups in total. The normalized spacial score (nSPS) is 11.0. The summed E-state index contributed by atoms with van der Waals surface area (Å²) in [5.41, 5.74) is 1.64. The molecule has 1 unspecified atom stereocenters. The number of carbonyl (C=O) groups is 2. The molecular weight excluding hydrogens is 366 g/mol. The van der Waals surface area contributed by atoms with Gasteiger partial charge < -0.3 is 15.4 Å². The molecule has 0 saturated carbocycles. The van der Waals surface area contributed by atoms with Crippen LogP contribution in [0.1, 0.15) is 22.8 Å². The minimum atomic E-state index is -0.697. The Kier molecular flexibility index (Phi) is 6.23. The first-order valence-corrected chi connectivity index (χ1v) is 9.00. The van der Waals surface area contributed by atoms with Crippen LogP contribution in [-0.2, 0) is 4.79 Å². The van der Waals surface area contributed by atoms with Gasteiger partial charge in [-0.2, -0.15) is 5.26 Å². The number of nitriles is 1. The third-order valence-electron chi connectivity index (χ3n) is 4.12. The van der Waals surface area contributed by atoms with Crippen LogP contribution in [-0.4, -0.2) is 17.9 Å². The Hall–Kier alpha value is -4.11. The molecule has 3 aromatic rings. The van der Waals surface area contributed by atoms with Crippen LogP contribution in [0.2, 0.25) is 0 Å². The third-order valence-corrected chi connectivity index (χ3v) is 4.12. The lowest BCUT2D eigenvalue weighted by Crippen LogP contribution is -2.41. The van der Waals surface area contributed by atoms with Crippen LogP contribution in [0.4, 0.5) is 5.69 Å². The van der Waals surface area contributed by atoms with Crippen molar-refractivity contribution in [2.24, 2.45) is 0 Å². The number of anilines is 1. The smallest absolute Gasteiger partial charge is 0.251 e. The van der Waals surface area contributed by atoms with Gasteiger partial charge in [-0.3, -0.25) is 9.59 Å². The van der Waals surface area contributed by atoms with Gasteiger partial charge in [0, 0.05) is 11.3 Å². The summed E-state index contributed by atoms with van der Waals surface area (Å²) < 4.78 is 5.71. The number of carbonyl (C=O) groups excluding carboxylic acids is 2. The number of nitrogens with zero attached hydrogens (tertiary/aromatic N) is 1. The summed E-state index contributed by atoms with van der Waals surface area (Å²) in [5, 5.41) is 14.2. The van der Waals surface area contributed by atoms with Crippen LogP contribution >= 0.6 is 0 Å². The molecule has 6 nitrogen and oxygen atoms in total. The summed E-state index contributed by atoms with van der Waals surface area (Å²) >= 11 is 0. The van der Waals surface area contributed by atoms with Gasteiger partial charge >= 0.3 is 0 Å². The number of benzene rings is 3. The van der Waals surface area contributed by atoms with E-state index in [4.69, 9.17) is 10.00 Å². The van der Waals surface area contributed by atoms with E-state index >= 15 is 0 Å². The molecule has 2 amide bonds. The van der Waals surface area contributed by atoms with Gasteiger partial charge in [0.25, 0.3) is 5.91 Å². The Labute approximate surface area is 168 Å². The predicted molar refractivity (Wildman–Crippen MR) is 110 cm³/mol. The van der Waals surface area contributed by atoms with Crippen molar-refractivity contribution < 1.29 is 14.3 Å². The molecule has 0 aliphatic heterocycles. The second-order valence-corrected chi connectivity index (χ2v) is 6.31. The second-order valence-electron chi connectivity index (χ2n) is 6.31. The molecule has 1 atom stereocenters. The summed E-state index contributed by atoms with van der Waals surface area (Å²) in [5.74, 6) is 0.575. The molecular formula is C23H19N3O3. The Morgan fingerprint density at radius 2 is 1.48 bits per heavy atom. The van der Waals surface area contributed by atoms with Crippen LogP contribution in [0.25, 0.3) is 0 Å². The van der Waals surface area contributed by atoms with Gasteiger partial charge in [-0.05, 0) is 67.6 Å². The van der Waals surface area contributed by atoms with Crippen molar-refractivity contribution in [3.8, 4) is 17.6 Å². The Morgan fingerprint density at radius 3 is 2.07 bits per heavy atom. The number of hydrogen-bond donors (Lipinski definition) is 2. The van der Waals surface area contributed by atoms with Crippen LogP contribution in [0.5, 0.6) is 11.5 Å². The minimum Gasteiger partial charge on any atom is -0.457 e. The van der Waals surface area contributed by atoms with Crippen molar-refractivity contribution in [3.05, 3.63) is 90.0 Å². The molecule has 0 radical (unpaired) electrons. The fraction of sp³-hybridized carbons (Fsp3) is 0.0870. The average Bonchev–Trinajstić information content (AvgIpc) is 2.76. The predicted octanol–water partition coefficient (Wildman–Crippen LogP) is 4.11. The third kappa shape index (κ3) is 5.44. The molecule has 0 heterocycles. The largest absolute Gasteiger partial charge is 0.457 e. The van der Waals surface area contributed by atoms with Crippen LogP contribution < -0.4 is 15.4 Å². The lowest BCUT2D eigenvalue weighted by molar-refractivity contribution is -0.117. The molecule has 0 aliphatic rings. The Balaban J connectivity index is 1.55. The zero-order valence-electron chi connectivity index (χ0n) is 15.8. The Bertz CT molecular complexity index is 1020. The van der Waals surface area contributed by atoms with E-state index in [1.807, 2.05) is 6.07 Å². The first kappa shape index (κ1) is 19.6. The van der Waals surface area contributed by atoms with Gasteiger partial charge in [-0.25, -0.2) is 0 Å². The first-order chi connectivity index (χ1) is 14.0. The number of amides is 2. The highest BCUT2D eigenvalue weighted by atomic mass is 16.5. The van der Waals surface area contributed by atoms with Crippen molar-refractivity contribution in [2.75, 3.05) is 5.32 Å². The number of hydrogen-bond acceptors (Lipinski definition) is 4. The van der Waals surface area contributed by atoms with Gasteiger partial charge in [-0.15, -0.1) is 0 Å². The fourth-order valence-electron chi connectivity index (χ4n) is 2.53. The summed E-state index contributed by atoms with van der Waals surface area (Å²) in [6, 6.07) is 23.7. The highest BCUT2D eigenvalue weighted by Gasteiger charge is 2.16. The number of nitrogens with one attached hydrogen (secondary N) is 2. The van der Waals surface area contributed by atoms with Crippen molar-refractivity contribution in [1.82, 2.24) is 5.32 Å². The van der Waals surface area contributed by atoms with Crippen LogP contribution in [0.15, 0.2) is 78.9 Å².